The van der Waals surface area contributed by atoms with Gasteiger partial charge in [0, 0.05) is 19.3 Å². The number of ether oxygens (including phenoxy) is 3. The van der Waals surface area contributed by atoms with Crippen LogP contribution in [0.4, 0.5) is 0 Å². The maximum atomic E-state index is 11.5. The molecule has 1 aliphatic heterocycles. The Morgan fingerprint density at radius 2 is 2.13 bits per heavy atom. The van der Waals surface area contributed by atoms with Gasteiger partial charge in [0.05, 0.1) is 20.3 Å². The zero-order valence-electron chi connectivity index (χ0n) is 8.65. The first-order chi connectivity index (χ1) is 7.17. The summed E-state index contributed by atoms with van der Waals surface area (Å²) in [6, 6.07) is 0. The van der Waals surface area contributed by atoms with E-state index in [0.29, 0.717) is 32.5 Å². The van der Waals surface area contributed by atoms with Gasteiger partial charge < -0.3 is 14.2 Å². The predicted molar refractivity (Wildman–Crippen MR) is 49.0 cm³/mol. The Morgan fingerprint density at radius 1 is 1.47 bits per heavy atom. The lowest BCUT2D eigenvalue weighted by Crippen LogP contribution is -2.43. The molecule has 1 atom stereocenters. The molecule has 1 saturated heterocycles. The molecule has 2 fully saturated rings. The minimum Gasteiger partial charge on any atom is -0.468 e. The fraction of sp³-hybridized carbons (Fsp3) is 0.800. The van der Waals surface area contributed by atoms with Crippen molar-refractivity contribution in [1.82, 2.24) is 0 Å². The van der Waals surface area contributed by atoms with E-state index in [9.17, 15) is 9.59 Å². The number of methoxy groups -OCH3 is 1. The minimum atomic E-state index is -0.721. The van der Waals surface area contributed by atoms with Crippen molar-refractivity contribution < 1.29 is 23.8 Å². The van der Waals surface area contributed by atoms with Crippen LogP contribution in [0.15, 0.2) is 0 Å². The number of carbonyl (C=O) groups is 2. The topological polar surface area (TPSA) is 61.8 Å². The minimum absolute atomic E-state index is 0.0772. The smallest absolute Gasteiger partial charge is 0.316 e. The lowest BCUT2D eigenvalue weighted by atomic mass is 9.83. The van der Waals surface area contributed by atoms with Crippen LogP contribution in [0.3, 0.4) is 0 Å². The Balaban J connectivity index is 2.10. The summed E-state index contributed by atoms with van der Waals surface area (Å²) in [6.07, 6.45) is 1.15. The van der Waals surface area contributed by atoms with Crippen LogP contribution in [0.5, 0.6) is 0 Å². The number of ketones is 1. The molecule has 1 aliphatic carbocycles. The largest absolute Gasteiger partial charge is 0.468 e. The highest BCUT2D eigenvalue weighted by molar-refractivity contribution is 5.99. The van der Waals surface area contributed by atoms with E-state index in [1.165, 1.54) is 7.11 Å². The summed E-state index contributed by atoms with van der Waals surface area (Å²) in [5, 5.41) is 0. The summed E-state index contributed by atoms with van der Waals surface area (Å²) >= 11 is 0. The lowest BCUT2D eigenvalue weighted by Gasteiger charge is -2.33. The predicted octanol–water partition coefficient (Wildman–Crippen LogP) is 0.272. The van der Waals surface area contributed by atoms with Crippen molar-refractivity contribution in [2.24, 2.45) is 5.92 Å². The number of esters is 1. The quantitative estimate of drug-likeness (QED) is 0.463. The van der Waals surface area contributed by atoms with Gasteiger partial charge in [-0.2, -0.15) is 0 Å². The standard InChI is InChI=1S/C10H14O5/c1-13-9(12)7-6-10(3-2-8(7)11)14-4-5-15-10/h7H,2-6H2,1H3/t7-/m0/s1. The molecule has 2 aliphatic rings. The van der Waals surface area contributed by atoms with Gasteiger partial charge in [-0.1, -0.05) is 0 Å². The van der Waals surface area contributed by atoms with Crippen LogP contribution in [0.25, 0.3) is 0 Å². The number of rotatable bonds is 1. The van der Waals surface area contributed by atoms with Crippen LogP contribution in [0.2, 0.25) is 0 Å². The number of carbonyl (C=O) groups excluding carboxylic acids is 2. The molecule has 0 radical (unpaired) electrons. The van der Waals surface area contributed by atoms with Gasteiger partial charge in [-0.3, -0.25) is 9.59 Å². The highest BCUT2D eigenvalue weighted by atomic mass is 16.7. The molecule has 1 heterocycles. The fourth-order valence-corrected chi connectivity index (χ4v) is 2.13. The van der Waals surface area contributed by atoms with Crippen LogP contribution >= 0.6 is 0 Å². The van der Waals surface area contributed by atoms with E-state index >= 15 is 0 Å². The van der Waals surface area contributed by atoms with E-state index in [0.717, 1.165) is 0 Å². The number of hydrogen-bond acceptors (Lipinski definition) is 5. The molecule has 0 aromatic rings. The molecule has 84 valence electrons. The van der Waals surface area contributed by atoms with Gasteiger partial charge in [-0.15, -0.1) is 0 Å². The number of hydrogen-bond donors (Lipinski definition) is 0. The van der Waals surface area contributed by atoms with Crippen molar-refractivity contribution in [3.63, 3.8) is 0 Å². The summed E-state index contributed by atoms with van der Waals surface area (Å²) < 4.78 is 15.5. The first-order valence-electron chi connectivity index (χ1n) is 5.05. The average molecular weight is 214 g/mol. The van der Waals surface area contributed by atoms with Gasteiger partial charge in [0.15, 0.2) is 5.79 Å². The van der Waals surface area contributed by atoms with Crippen LogP contribution < -0.4 is 0 Å². The first kappa shape index (κ1) is 10.6. The normalized spacial score (nSPS) is 29.4. The third-order valence-electron chi connectivity index (χ3n) is 2.96. The first-order valence-corrected chi connectivity index (χ1v) is 5.05. The molecule has 1 saturated carbocycles. The SMILES string of the molecule is COC(=O)[C@H]1CC2(CCC1=O)OCCO2. The second kappa shape index (κ2) is 3.90. The second-order valence-electron chi connectivity index (χ2n) is 3.85. The van der Waals surface area contributed by atoms with Crippen molar-refractivity contribution in [3.8, 4) is 0 Å². The Labute approximate surface area is 87.7 Å². The van der Waals surface area contributed by atoms with E-state index < -0.39 is 17.7 Å². The molecular formula is C10H14O5. The van der Waals surface area contributed by atoms with Gasteiger partial charge in [0.25, 0.3) is 0 Å². The molecule has 0 bridgehead atoms. The van der Waals surface area contributed by atoms with Crippen molar-refractivity contribution in [1.29, 1.82) is 0 Å². The van der Waals surface area contributed by atoms with Gasteiger partial charge >= 0.3 is 5.97 Å². The van der Waals surface area contributed by atoms with Crippen LogP contribution in [-0.4, -0.2) is 37.9 Å². The molecule has 0 unspecified atom stereocenters. The molecular weight excluding hydrogens is 200 g/mol. The third kappa shape index (κ3) is 1.89. The zero-order valence-corrected chi connectivity index (χ0v) is 8.65. The van der Waals surface area contributed by atoms with Crippen molar-refractivity contribution >= 4 is 11.8 Å². The molecule has 2 rings (SSSR count). The van der Waals surface area contributed by atoms with E-state index in [-0.39, 0.29) is 5.78 Å². The van der Waals surface area contributed by atoms with E-state index in [1.807, 2.05) is 0 Å². The maximum absolute atomic E-state index is 11.5. The van der Waals surface area contributed by atoms with Crippen LogP contribution in [0.1, 0.15) is 19.3 Å². The van der Waals surface area contributed by atoms with E-state index in [2.05, 4.69) is 4.74 Å². The monoisotopic (exact) mass is 214 g/mol. The second-order valence-corrected chi connectivity index (χ2v) is 3.85. The summed E-state index contributed by atoms with van der Waals surface area (Å²) in [6.45, 7) is 1.06. The van der Waals surface area contributed by atoms with Crippen molar-refractivity contribution in [3.05, 3.63) is 0 Å². The van der Waals surface area contributed by atoms with E-state index in [4.69, 9.17) is 9.47 Å². The summed E-state index contributed by atoms with van der Waals surface area (Å²) in [4.78, 5) is 22.9. The van der Waals surface area contributed by atoms with Crippen LogP contribution in [0, 0.1) is 5.92 Å². The van der Waals surface area contributed by atoms with Crippen molar-refractivity contribution in [2.45, 2.75) is 25.0 Å². The zero-order chi connectivity index (χ0) is 10.9. The number of Topliss-reactive ketones (excluding diaryl/α,β-unsaturated/α-hetero) is 1. The molecule has 0 N–H and O–H groups in total. The van der Waals surface area contributed by atoms with Gasteiger partial charge in [-0.05, 0) is 0 Å². The average Bonchev–Trinajstić information content (AvgIpc) is 2.70. The van der Waals surface area contributed by atoms with Gasteiger partial charge in [0.1, 0.15) is 11.7 Å². The molecule has 1 spiro atoms. The van der Waals surface area contributed by atoms with Gasteiger partial charge in [-0.25, -0.2) is 0 Å². The summed E-state index contributed by atoms with van der Waals surface area (Å²) in [5.74, 6) is -2.00. The molecule has 0 aromatic carbocycles. The van der Waals surface area contributed by atoms with Gasteiger partial charge in [0.2, 0.25) is 0 Å². The molecule has 5 nitrogen and oxygen atoms in total. The maximum Gasteiger partial charge on any atom is 0.316 e. The third-order valence-corrected chi connectivity index (χ3v) is 2.96. The van der Waals surface area contributed by atoms with E-state index in [1.54, 1.807) is 0 Å². The fourth-order valence-electron chi connectivity index (χ4n) is 2.13. The summed E-state index contributed by atoms with van der Waals surface area (Å²) in [5.41, 5.74) is 0. The molecule has 0 aromatic heterocycles. The molecule has 0 amide bonds. The molecule has 15 heavy (non-hydrogen) atoms. The Kier molecular flexibility index (Phi) is 2.75. The van der Waals surface area contributed by atoms with Crippen molar-refractivity contribution in [2.75, 3.05) is 20.3 Å². The summed E-state index contributed by atoms with van der Waals surface area (Å²) in [7, 11) is 1.28. The van der Waals surface area contributed by atoms with Crippen LogP contribution in [-0.2, 0) is 23.8 Å². The highest BCUT2D eigenvalue weighted by Crippen LogP contribution is 2.37. The Hall–Kier alpha value is -0.940. The Morgan fingerprint density at radius 3 is 2.73 bits per heavy atom. The Bertz CT molecular complexity index is 272. The lowest BCUT2D eigenvalue weighted by molar-refractivity contribution is -0.195. The molecule has 5 heteroatoms. The highest BCUT2D eigenvalue weighted by Gasteiger charge is 2.47.